The van der Waals surface area contributed by atoms with Crippen LogP contribution in [-0.2, 0) is 4.74 Å². The van der Waals surface area contributed by atoms with Gasteiger partial charge in [0.05, 0.1) is 13.1 Å². The van der Waals surface area contributed by atoms with Gasteiger partial charge in [-0.1, -0.05) is 6.42 Å². The van der Waals surface area contributed by atoms with Crippen LogP contribution in [0.5, 0.6) is 0 Å². The van der Waals surface area contributed by atoms with Gasteiger partial charge in [-0.3, -0.25) is 8.63 Å². The molecular weight excluding hydrogens is 233 g/mol. The molecule has 0 saturated carbocycles. The molecule has 1 rings (SSSR count). The molecule has 0 aliphatic carbocycles. The van der Waals surface area contributed by atoms with Gasteiger partial charge in [0.25, 0.3) is 0 Å². The van der Waals surface area contributed by atoms with Crippen LogP contribution < -0.4 is 56.1 Å². The molecular formula is C8H16BF3KNO. The third-order valence-electron chi connectivity index (χ3n) is 2.24. The molecule has 1 aliphatic rings. The van der Waals surface area contributed by atoms with Crippen molar-refractivity contribution in [1.82, 2.24) is 4.90 Å². The van der Waals surface area contributed by atoms with Crippen molar-refractivity contribution in [3.8, 4) is 0 Å². The zero-order valence-corrected chi connectivity index (χ0v) is 12.3. The minimum absolute atomic E-state index is 0. The van der Waals surface area contributed by atoms with Gasteiger partial charge in [-0.2, -0.15) is 0 Å². The van der Waals surface area contributed by atoms with Crippen LogP contribution in [0.15, 0.2) is 0 Å². The Balaban J connectivity index is 0. The summed E-state index contributed by atoms with van der Waals surface area (Å²) in [5.74, 6) is 0. The summed E-state index contributed by atoms with van der Waals surface area (Å²) < 4.78 is 28.1. The molecule has 1 aliphatic heterocycles. The van der Waals surface area contributed by atoms with E-state index in [1.807, 2.05) is 0 Å². The van der Waals surface area contributed by atoms with E-state index in [0.717, 1.165) is 19.6 Å². The molecule has 1 heterocycles. The normalized spacial score (nSPS) is 16.4. The van der Waals surface area contributed by atoms with Gasteiger partial charge in [-0.15, -0.1) is 0 Å². The Kier molecular flexibility index (Phi) is 14.9. The third-order valence-corrected chi connectivity index (χ3v) is 2.24. The van der Waals surface area contributed by atoms with Gasteiger partial charge in [-0.25, -0.2) is 0 Å². The summed E-state index contributed by atoms with van der Waals surface area (Å²) in [6, 6.07) is 0. The molecule has 0 radical (unpaired) electrons. The molecule has 0 aromatic carbocycles. The fourth-order valence-corrected chi connectivity index (χ4v) is 1.55. The number of hydrogen-bond donors (Lipinski definition) is 0. The Morgan fingerprint density at radius 1 is 1.13 bits per heavy atom. The summed E-state index contributed by atoms with van der Waals surface area (Å²) in [5.41, 5.74) is 0. The zero-order chi connectivity index (χ0) is 9.52. The van der Waals surface area contributed by atoms with Crippen LogP contribution in [0.2, 0.25) is 0 Å². The zero-order valence-electron chi connectivity index (χ0n) is 9.22. The fraction of sp³-hybridized carbons (Fsp3) is 1.00. The van der Waals surface area contributed by atoms with Gasteiger partial charge in [0.15, 0.2) is 0 Å². The molecule has 0 aromatic heterocycles. The largest absolute Gasteiger partial charge is 1.00 e. The number of ether oxygens (including phenoxy) is 1. The van der Waals surface area contributed by atoms with Crippen LogP contribution in [0.3, 0.4) is 0 Å². The van der Waals surface area contributed by atoms with E-state index in [-0.39, 0.29) is 56.1 Å². The quantitative estimate of drug-likeness (QED) is 0.359. The maximum Gasteiger partial charge on any atom is 1.00 e. The first-order chi connectivity index (χ1) is 6.29. The Labute approximate surface area is 132 Å². The van der Waals surface area contributed by atoms with Crippen molar-refractivity contribution >= 4 is 7.27 Å². The van der Waals surface area contributed by atoms with Crippen molar-refractivity contribution in [1.29, 1.82) is 0 Å². The molecule has 0 amide bonds. The van der Waals surface area contributed by atoms with Crippen molar-refractivity contribution in [2.24, 2.45) is 0 Å². The number of rotatable bonds is 5. The van der Waals surface area contributed by atoms with E-state index >= 15 is 0 Å². The first-order valence-electron chi connectivity index (χ1n) is 4.87. The SMILES string of the molecule is FB(F)COCCN1CCCCC1.[F-].[K+]. The molecule has 7 heteroatoms. The average Bonchev–Trinajstić information content (AvgIpc) is 2.14. The molecule has 1 fully saturated rings. The Morgan fingerprint density at radius 3 is 2.27 bits per heavy atom. The smallest absolute Gasteiger partial charge is 1.00 e. The summed E-state index contributed by atoms with van der Waals surface area (Å²) >= 11 is 0. The summed E-state index contributed by atoms with van der Waals surface area (Å²) in [6.45, 7) is 3.00. The van der Waals surface area contributed by atoms with Gasteiger partial charge < -0.3 is 14.3 Å². The maximum absolute atomic E-state index is 11.7. The molecule has 2 nitrogen and oxygen atoms in total. The topological polar surface area (TPSA) is 12.5 Å². The minimum atomic E-state index is -2.33. The maximum atomic E-state index is 11.7. The van der Waals surface area contributed by atoms with Gasteiger partial charge >= 0.3 is 58.7 Å². The Bertz CT molecular complexity index is 139. The van der Waals surface area contributed by atoms with Gasteiger partial charge in [0.2, 0.25) is 0 Å². The molecule has 0 bridgehead atoms. The second kappa shape index (κ2) is 11.9. The number of piperidine rings is 1. The van der Waals surface area contributed by atoms with E-state index in [1.165, 1.54) is 19.3 Å². The van der Waals surface area contributed by atoms with Crippen molar-refractivity contribution in [3.05, 3.63) is 0 Å². The number of halogens is 3. The third kappa shape index (κ3) is 10.3. The van der Waals surface area contributed by atoms with Gasteiger partial charge in [0.1, 0.15) is 0 Å². The number of nitrogens with zero attached hydrogens (tertiary/aromatic N) is 1. The van der Waals surface area contributed by atoms with Crippen molar-refractivity contribution < 1.29 is 69.5 Å². The van der Waals surface area contributed by atoms with Crippen LogP contribution in [0.1, 0.15) is 19.3 Å². The molecule has 0 N–H and O–H groups in total. The Hall–Kier alpha value is 1.41. The average molecular weight is 249 g/mol. The molecule has 1 saturated heterocycles. The van der Waals surface area contributed by atoms with Crippen LogP contribution in [0.4, 0.5) is 8.63 Å². The Morgan fingerprint density at radius 2 is 1.73 bits per heavy atom. The number of likely N-dealkylation sites (tertiary alicyclic amines) is 1. The van der Waals surface area contributed by atoms with Gasteiger partial charge in [-0.05, 0) is 25.9 Å². The molecule has 0 spiro atoms. The van der Waals surface area contributed by atoms with Crippen molar-refractivity contribution in [2.75, 3.05) is 32.7 Å². The van der Waals surface area contributed by atoms with Crippen LogP contribution >= 0.6 is 0 Å². The predicted octanol–water partition coefficient (Wildman–Crippen LogP) is -4.54. The van der Waals surface area contributed by atoms with E-state index in [9.17, 15) is 8.63 Å². The summed E-state index contributed by atoms with van der Waals surface area (Å²) in [4.78, 5) is 2.27. The second-order valence-corrected chi connectivity index (χ2v) is 3.37. The van der Waals surface area contributed by atoms with Crippen LogP contribution in [0.25, 0.3) is 0 Å². The first kappa shape index (κ1) is 18.8. The van der Waals surface area contributed by atoms with Crippen LogP contribution in [-0.4, -0.2) is 44.9 Å². The summed E-state index contributed by atoms with van der Waals surface area (Å²) in [5, 5.41) is 0. The first-order valence-corrected chi connectivity index (χ1v) is 4.87. The monoisotopic (exact) mass is 249 g/mol. The molecule has 84 valence electrons. The molecule has 0 unspecified atom stereocenters. The molecule has 0 aromatic rings. The van der Waals surface area contributed by atoms with Crippen molar-refractivity contribution in [3.63, 3.8) is 0 Å². The number of hydrogen-bond acceptors (Lipinski definition) is 2. The van der Waals surface area contributed by atoms with Crippen LogP contribution in [0, 0.1) is 0 Å². The van der Waals surface area contributed by atoms with E-state index in [0.29, 0.717) is 6.61 Å². The fourth-order valence-electron chi connectivity index (χ4n) is 1.55. The summed E-state index contributed by atoms with van der Waals surface area (Å²) in [7, 11) is -2.33. The molecule has 15 heavy (non-hydrogen) atoms. The summed E-state index contributed by atoms with van der Waals surface area (Å²) in [6.07, 6.45) is 3.76. The van der Waals surface area contributed by atoms with Crippen molar-refractivity contribution in [2.45, 2.75) is 19.3 Å². The second-order valence-electron chi connectivity index (χ2n) is 3.37. The molecule has 0 atom stereocenters. The van der Waals surface area contributed by atoms with E-state index in [1.54, 1.807) is 0 Å². The predicted molar refractivity (Wildman–Crippen MR) is 49.1 cm³/mol. The minimum Gasteiger partial charge on any atom is -1.00 e. The van der Waals surface area contributed by atoms with E-state index in [4.69, 9.17) is 4.74 Å². The van der Waals surface area contributed by atoms with E-state index in [2.05, 4.69) is 4.90 Å². The standard InChI is InChI=1S/C8H16BF2NO.FH.K/c10-9(11)8-13-7-6-12-4-2-1-3-5-12;;/h1-8H2;1H;/q;;+1/p-1. The van der Waals surface area contributed by atoms with Gasteiger partial charge in [0, 0.05) is 6.54 Å². The van der Waals surface area contributed by atoms with E-state index < -0.39 is 13.8 Å².